The molecule has 1 aliphatic heterocycles. The standard InChI is InChI=1S/C26H24ClN3O2S/c27-23-11-13-24(14-12-23)33(31,32)25(19-28)20-29-15-17-30(18-16-29)26(21-7-3-1-4-8-21)22-9-5-2-6-10-22/h1-14,20,26H,15-18H2. The molecular formula is C26H24ClN3O2S. The second kappa shape index (κ2) is 10.2. The highest BCUT2D eigenvalue weighted by atomic mass is 35.5. The molecule has 1 fully saturated rings. The normalized spacial score (nSPS) is 15.4. The van der Waals surface area contributed by atoms with E-state index >= 15 is 0 Å². The predicted octanol–water partition coefficient (Wildman–Crippen LogP) is 4.89. The lowest BCUT2D eigenvalue weighted by Crippen LogP contribution is -2.46. The average Bonchev–Trinajstić information content (AvgIpc) is 2.85. The molecule has 33 heavy (non-hydrogen) atoms. The number of rotatable bonds is 6. The molecule has 0 aromatic heterocycles. The quantitative estimate of drug-likeness (QED) is 0.473. The topological polar surface area (TPSA) is 64.4 Å². The van der Waals surface area contributed by atoms with Crippen LogP contribution in [0.4, 0.5) is 0 Å². The Balaban J connectivity index is 1.53. The minimum atomic E-state index is -3.90. The number of nitrogens with zero attached hydrogens (tertiary/aromatic N) is 3. The van der Waals surface area contributed by atoms with Crippen molar-refractivity contribution in [2.45, 2.75) is 10.9 Å². The van der Waals surface area contributed by atoms with Gasteiger partial charge < -0.3 is 4.90 Å². The van der Waals surface area contributed by atoms with Gasteiger partial charge in [0.05, 0.1) is 10.9 Å². The molecule has 5 nitrogen and oxygen atoms in total. The lowest BCUT2D eigenvalue weighted by molar-refractivity contribution is 0.139. The van der Waals surface area contributed by atoms with Gasteiger partial charge in [0, 0.05) is 37.4 Å². The average molecular weight is 478 g/mol. The van der Waals surface area contributed by atoms with Crippen molar-refractivity contribution in [1.82, 2.24) is 9.80 Å². The lowest BCUT2D eigenvalue weighted by Gasteiger charge is -2.39. The van der Waals surface area contributed by atoms with Crippen molar-refractivity contribution >= 4 is 21.4 Å². The summed E-state index contributed by atoms with van der Waals surface area (Å²) in [5.74, 6) is 0. The number of allylic oxidation sites excluding steroid dienone is 1. The summed E-state index contributed by atoms with van der Waals surface area (Å²) in [6.07, 6.45) is 1.47. The Labute approximate surface area is 200 Å². The van der Waals surface area contributed by atoms with Crippen molar-refractivity contribution in [3.63, 3.8) is 0 Å². The van der Waals surface area contributed by atoms with Gasteiger partial charge in [0.15, 0.2) is 4.91 Å². The van der Waals surface area contributed by atoms with Crippen LogP contribution >= 0.6 is 11.6 Å². The summed E-state index contributed by atoms with van der Waals surface area (Å²) in [6, 6.07) is 28.6. The fourth-order valence-corrected chi connectivity index (χ4v) is 5.36. The Morgan fingerprint density at radius 1 is 0.848 bits per heavy atom. The van der Waals surface area contributed by atoms with E-state index in [1.807, 2.05) is 47.4 Å². The first-order valence-corrected chi connectivity index (χ1v) is 12.6. The SMILES string of the molecule is N#CC(=CN1CCN(C(c2ccccc2)c2ccccc2)CC1)S(=O)(=O)c1ccc(Cl)cc1. The van der Waals surface area contributed by atoms with Gasteiger partial charge in [-0.25, -0.2) is 8.42 Å². The molecule has 1 aliphatic rings. The number of benzene rings is 3. The lowest BCUT2D eigenvalue weighted by atomic mass is 9.96. The molecule has 0 aliphatic carbocycles. The maximum absolute atomic E-state index is 12.9. The van der Waals surface area contributed by atoms with Crippen molar-refractivity contribution in [2.24, 2.45) is 0 Å². The van der Waals surface area contributed by atoms with Crippen LogP contribution in [0.15, 0.2) is 101 Å². The number of halogens is 1. The van der Waals surface area contributed by atoms with Crippen LogP contribution in [0.3, 0.4) is 0 Å². The molecule has 168 valence electrons. The fourth-order valence-electron chi connectivity index (χ4n) is 4.07. The summed E-state index contributed by atoms with van der Waals surface area (Å²) in [5.41, 5.74) is 2.44. The molecule has 3 aromatic carbocycles. The molecule has 0 unspecified atom stereocenters. The number of sulfone groups is 1. The highest BCUT2D eigenvalue weighted by molar-refractivity contribution is 7.95. The third-order valence-electron chi connectivity index (χ3n) is 5.77. The highest BCUT2D eigenvalue weighted by Gasteiger charge is 2.27. The molecule has 0 spiro atoms. The summed E-state index contributed by atoms with van der Waals surface area (Å²) in [6.45, 7) is 2.73. The van der Waals surface area contributed by atoms with E-state index in [9.17, 15) is 13.7 Å². The van der Waals surface area contributed by atoms with Crippen LogP contribution in [0.2, 0.25) is 5.02 Å². The number of piperazine rings is 1. The number of hydrogen-bond donors (Lipinski definition) is 0. The molecule has 4 rings (SSSR count). The van der Waals surface area contributed by atoms with Crippen LogP contribution in [-0.2, 0) is 9.84 Å². The van der Waals surface area contributed by atoms with E-state index in [1.54, 1.807) is 0 Å². The number of nitriles is 1. The minimum Gasteiger partial charge on any atom is -0.373 e. The Bertz CT molecular complexity index is 1210. The molecule has 1 saturated heterocycles. The van der Waals surface area contributed by atoms with Crippen molar-refractivity contribution in [1.29, 1.82) is 5.26 Å². The Kier molecular flexibility index (Phi) is 7.14. The van der Waals surface area contributed by atoms with Gasteiger partial charge in [-0.2, -0.15) is 5.26 Å². The molecule has 0 N–H and O–H groups in total. The predicted molar refractivity (Wildman–Crippen MR) is 130 cm³/mol. The Hall–Kier alpha value is -3.11. The van der Waals surface area contributed by atoms with Crippen LogP contribution < -0.4 is 0 Å². The number of hydrogen-bond acceptors (Lipinski definition) is 5. The van der Waals surface area contributed by atoms with Gasteiger partial charge in [-0.1, -0.05) is 72.3 Å². The summed E-state index contributed by atoms with van der Waals surface area (Å²) >= 11 is 5.87. The smallest absolute Gasteiger partial charge is 0.218 e. The van der Waals surface area contributed by atoms with Crippen LogP contribution in [0.5, 0.6) is 0 Å². The van der Waals surface area contributed by atoms with Crippen molar-refractivity contribution < 1.29 is 8.42 Å². The van der Waals surface area contributed by atoms with E-state index in [2.05, 4.69) is 29.2 Å². The van der Waals surface area contributed by atoms with Gasteiger partial charge in [0.2, 0.25) is 9.84 Å². The Morgan fingerprint density at radius 3 is 1.85 bits per heavy atom. The van der Waals surface area contributed by atoms with Gasteiger partial charge in [-0.3, -0.25) is 4.90 Å². The second-order valence-electron chi connectivity index (χ2n) is 7.86. The zero-order valence-electron chi connectivity index (χ0n) is 18.0. The molecule has 0 atom stereocenters. The summed E-state index contributed by atoms with van der Waals surface area (Å²) in [4.78, 5) is 4.11. The van der Waals surface area contributed by atoms with E-state index in [4.69, 9.17) is 11.6 Å². The van der Waals surface area contributed by atoms with Gasteiger partial charge in [-0.05, 0) is 35.4 Å². The molecule has 0 radical (unpaired) electrons. The maximum Gasteiger partial charge on any atom is 0.218 e. The largest absolute Gasteiger partial charge is 0.373 e. The van der Waals surface area contributed by atoms with E-state index in [-0.39, 0.29) is 15.8 Å². The first kappa shape index (κ1) is 23.1. The molecule has 0 bridgehead atoms. The first-order valence-electron chi connectivity index (χ1n) is 10.7. The second-order valence-corrected chi connectivity index (χ2v) is 10.2. The molecule has 1 heterocycles. The van der Waals surface area contributed by atoms with Gasteiger partial charge in [0.1, 0.15) is 6.07 Å². The first-order chi connectivity index (χ1) is 16.0. The van der Waals surface area contributed by atoms with E-state index in [0.29, 0.717) is 18.1 Å². The third-order valence-corrected chi connectivity index (χ3v) is 7.69. The Morgan fingerprint density at radius 2 is 1.36 bits per heavy atom. The van der Waals surface area contributed by atoms with Crippen molar-refractivity contribution in [2.75, 3.05) is 26.2 Å². The van der Waals surface area contributed by atoms with E-state index in [1.165, 1.54) is 41.6 Å². The van der Waals surface area contributed by atoms with E-state index in [0.717, 1.165) is 13.1 Å². The van der Waals surface area contributed by atoms with Crippen molar-refractivity contribution in [3.05, 3.63) is 112 Å². The van der Waals surface area contributed by atoms with Gasteiger partial charge >= 0.3 is 0 Å². The van der Waals surface area contributed by atoms with Crippen LogP contribution in [-0.4, -0.2) is 44.4 Å². The summed E-state index contributed by atoms with van der Waals surface area (Å²) in [7, 11) is -3.90. The van der Waals surface area contributed by atoms with E-state index < -0.39 is 9.84 Å². The zero-order valence-corrected chi connectivity index (χ0v) is 19.6. The highest BCUT2D eigenvalue weighted by Crippen LogP contribution is 2.30. The molecule has 0 amide bonds. The van der Waals surface area contributed by atoms with Gasteiger partial charge in [0.25, 0.3) is 0 Å². The van der Waals surface area contributed by atoms with Crippen LogP contribution in [0.25, 0.3) is 0 Å². The summed E-state index contributed by atoms with van der Waals surface area (Å²) < 4.78 is 25.8. The third kappa shape index (κ3) is 5.28. The molecular weight excluding hydrogens is 454 g/mol. The molecule has 7 heteroatoms. The monoisotopic (exact) mass is 477 g/mol. The fraction of sp³-hybridized carbons (Fsp3) is 0.192. The maximum atomic E-state index is 12.9. The van der Waals surface area contributed by atoms with Gasteiger partial charge in [-0.15, -0.1) is 0 Å². The summed E-state index contributed by atoms with van der Waals surface area (Å²) in [5, 5.41) is 10.0. The van der Waals surface area contributed by atoms with Crippen LogP contribution in [0, 0.1) is 11.3 Å². The zero-order chi connectivity index (χ0) is 23.3. The minimum absolute atomic E-state index is 0.0616. The van der Waals surface area contributed by atoms with Crippen LogP contribution in [0.1, 0.15) is 17.2 Å². The van der Waals surface area contributed by atoms with Crippen molar-refractivity contribution in [3.8, 4) is 6.07 Å². The molecule has 3 aromatic rings. The molecule has 0 saturated carbocycles.